The Hall–Kier alpha value is -2.57. The Bertz CT molecular complexity index is 1020. The first-order valence-electron chi connectivity index (χ1n) is 6.60. The maximum Gasteiger partial charge on any atom is 0.117 e. The van der Waals surface area contributed by atoms with Crippen LogP contribution >= 0.6 is 11.6 Å². The minimum Gasteiger partial charge on any atom is -0.508 e. The van der Waals surface area contributed by atoms with Gasteiger partial charge in [0.05, 0.1) is 32.1 Å². The van der Waals surface area contributed by atoms with Crippen molar-refractivity contribution in [3.05, 3.63) is 53.7 Å². The standard InChI is InChI=1S/C16H12ClN3O2S/c1-23(22)20-10-2-5-14-12(8-10)15(6-7-18-14)19-16-9-11(21)3-4-13(16)17/h2-9,21H,1H2,(H,18,19). The number of phenolic OH excluding ortho intramolecular Hbond substituents is 1. The molecule has 0 aliphatic heterocycles. The number of anilines is 2. The molecule has 0 radical (unpaired) electrons. The molecule has 0 fully saturated rings. The number of fused-ring (bicyclic) bond motifs is 1. The summed E-state index contributed by atoms with van der Waals surface area (Å²) in [4.78, 5) is 4.29. The summed E-state index contributed by atoms with van der Waals surface area (Å²) in [7, 11) is -1.53. The summed E-state index contributed by atoms with van der Waals surface area (Å²) in [6.07, 6.45) is 1.66. The van der Waals surface area contributed by atoms with Crippen molar-refractivity contribution in [3.8, 4) is 5.75 Å². The Morgan fingerprint density at radius 3 is 2.78 bits per heavy atom. The van der Waals surface area contributed by atoms with Crippen LogP contribution in [0.3, 0.4) is 0 Å². The predicted molar refractivity (Wildman–Crippen MR) is 95.5 cm³/mol. The van der Waals surface area contributed by atoms with Crippen LogP contribution in [0.4, 0.5) is 17.1 Å². The number of halogens is 1. The number of aromatic nitrogens is 1. The SMILES string of the molecule is C=S(=O)=Nc1ccc2nccc(Nc3cc(O)ccc3Cl)c2c1. The fourth-order valence-corrected chi connectivity index (χ4v) is 2.69. The Labute approximate surface area is 139 Å². The van der Waals surface area contributed by atoms with Crippen LogP contribution in [0.1, 0.15) is 0 Å². The average Bonchev–Trinajstić information content (AvgIpc) is 2.51. The first kappa shape index (κ1) is 15.3. The molecule has 3 aromatic rings. The molecule has 1 heterocycles. The zero-order chi connectivity index (χ0) is 16.4. The van der Waals surface area contributed by atoms with Crippen LogP contribution in [-0.2, 0) is 10.2 Å². The van der Waals surface area contributed by atoms with Crippen molar-refractivity contribution in [1.82, 2.24) is 4.98 Å². The summed E-state index contributed by atoms with van der Waals surface area (Å²) in [6, 6.07) is 11.7. The molecule has 0 unspecified atom stereocenters. The van der Waals surface area contributed by atoms with E-state index in [2.05, 4.69) is 20.5 Å². The van der Waals surface area contributed by atoms with Crippen molar-refractivity contribution in [2.75, 3.05) is 5.32 Å². The van der Waals surface area contributed by atoms with Crippen LogP contribution in [0, 0.1) is 0 Å². The molecular weight excluding hydrogens is 334 g/mol. The highest BCUT2D eigenvalue weighted by Crippen LogP contribution is 2.33. The third kappa shape index (κ3) is 3.44. The highest BCUT2D eigenvalue weighted by atomic mass is 35.5. The molecule has 0 spiro atoms. The fraction of sp³-hybridized carbons (Fsp3) is 0. The average molecular weight is 346 g/mol. The van der Waals surface area contributed by atoms with Gasteiger partial charge >= 0.3 is 0 Å². The molecule has 0 saturated carbocycles. The maximum atomic E-state index is 11.2. The second-order valence-corrected chi connectivity index (χ2v) is 5.99. The van der Waals surface area contributed by atoms with Crippen molar-refractivity contribution in [2.24, 2.45) is 4.36 Å². The van der Waals surface area contributed by atoms with Gasteiger partial charge in [-0.1, -0.05) is 11.6 Å². The lowest BCUT2D eigenvalue weighted by atomic mass is 10.1. The van der Waals surface area contributed by atoms with E-state index in [0.29, 0.717) is 16.4 Å². The summed E-state index contributed by atoms with van der Waals surface area (Å²) in [5.41, 5.74) is 2.61. The minimum atomic E-state index is -1.53. The van der Waals surface area contributed by atoms with Crippen molar-refractivity contribution in [3.63, 3.8) is 0 Å². The van der Waals surface area contributed by atoms with Gasteiger partial charge in [-0.2, -0.15) is 4.36 Å². The van der Waals surface area contributed by atoms with E-state index in [-0.39, 0.29) is 5.75 Å². The molecule has 0 bridgehead atoms. The molecule has 3 rings (SSSR count). The third-order valence-electron chi connectivity index (χ3n) is 3.15. The van der Waals surface area contributed by atoms with Gasteiger partial charge in [-0.15, -0.1) is 0 Å². The molecule has 0 aliphatic rings. The van der Waals surface area contributed by atoms with Crippen LogP contribution in [0.5, 0.6) is 5.75 Å². The summed E-state index contributed by atoms with van der Waals surface area (Å²) in [5, 5.41) is 14.0. The van der Waals surface area contributed by atoms with E-state index in [1.54, 1.807) is 36.5 Å². The Morgan fingerprint density at radius 2 is 2.00 bits per heavy atom. The fourth-order valence-electron chi connectivity index (χ4n) is 2.17. The van der Waals surface area contributed by atoms with Gasteiger partial charge in [-0.25, -0.2) is 4.21 Å². The quantitative estimate of drug-likeness (QED) is 0.693. The van der Waals surface area contributed by atoms with Crippen LogP contribution in [-0.4, -0.2) is 20.2 Å². The molecule has 2 aromatic carbocycles. The molecule has 1 aromatic heterocycles. The molecule has 23 heavy (non-hydrogen) atoms. The van der Waals surface area contributed by atoms with Crippen molar-refractivity contribution in [1.29, 1.82) is 0 Å². The Kier molecular flexibility index (Phi) is 4.18. The number of hydrogen-bond acceptors (Lipinski definition) is 5. The summed E-state index contributed by atoms with van der Waals surface area (Å²) < 4.78 is 15.1. The number of rotatable bonds is 3. The monoisotopic (exact) mass is 345 g/mol. The van der Waals surface area contributed by atoms with Gasteiger partial charge in [0.25, 0.3) is 0 Å². The number of nitrogens with zero attached hydrogens (tertiary/aromatic N) is 2. The van der Waals surface area contributed by atoms with Gasteiger partial charge in [0.2, 0.25) is 0 Å². The van der Waals surface area contributed by atoms with E-state index < -0.39 is 10.2 Å². The highest BCUT2D eigenvalue weighted by Gasteiger charge is 2.07. The van der Waals surface area contributed by atoms with Crippen molar-refractivity contribution >= 4 is 55.6 Å². The largest absolute Gasteiger partial charge is 0.508 e. The van der Waals surface area contributed by atoms with Crippen LogP contribution in [0.25, 0.3) is 10.9 Å². The summed E-state index contributed by atoms with van der Waals surface area (Å²) in [6.45, 7) is 0. The molecular formula is C16H12ClN3O2S. The second kappa shape index (κ2) is 6.28. The number of pyridine rings is 1. The smallest absolute Gasteiger partial charge is 0.117 e. The third-order valence-corrected chi connectivity index (χ3v) is 3.90. The van der Waals surface area contributed by atoms with Crippen molar-refractivity contribution < 1.29 is 9.32 Å². The lowest BCUT2D eigenvalue weighted by Crippen LogP contribution is -1.93. The number of phenols is 1. The van der Waals surface area contributed by atoms with Gasteiger partial charge in [0, 0.05) is 29.2 Å². The first-order valence-corrected chi connectivity index (χ1v) is 8.26. The van der Waals surface area contributed by atoms with Crippen molar-refractivity contribution in [2.45, 2.75) is 0 Å². The summed E-state index contributed by atoms with van der Waals surface area (Å²) in [5.74, 6) is 3.46. The lowest BCUT2D eigenvalue weighted by molar-refractivity contribution is 0.475. The molecule has 116 valence electrons. The Morgan fingerprint density at radius 1 is 1.17 bits per heavy atom. The molecule has 7 heteroatoms. The summed E-state index contributed by atoms with van der Waals surface area (Å²) >= 11 is 6.14. The van der Waals surface area contributed by atoms with Crippen LogP contribution in [0.15, 0.2) is 53.0 Å². The minimum absolute atomic E-state index is 0.110. The second-order valence-electron chi connectivity index (χ2n) is 4.76. The van der Waals surface area contributed by atoms with E-state index in [1.807, 2.05) is 0 Å². The zero-order valence-electron chi connectivity index (χ0n) is 11.9. The molecule has 0 aliphatic carbocycles. The number of benzene rings is 2. The molecule has 5 nitrogen and oxygen atoms in total. The normalized spacial score (nSPS) is 10.5. The van der Waals surface area contributed by atoms with E-state index in [1.165, 1.54) is 12.1 Å². The van der Waals surface area contributed by atoms with E-state index in [0.717, 1.165) is 16.6 Å². The lowest BCUT2D eigenvalue weighted by Gasteiger charge is -2.11. The predicted octanol–water partition coefficient (Wildman–Crippen LogP) is 4.33. The molecule has 2 N–H and O–H groups in total. The topological polar surface area (TPSA) is 74.6 Å². The maximum absolute atomic E-state index is 11.2. The van der Waals surface area contributed by atoms with Gasteiger partial charge < -0.3 is 10.4 Å². The van der Waals surface area contributed by atoms with E-state index >= 15 is 0 Å². The van der Waals surface area contributed by atoms with Gasteiger partial charge in [0.1, 0.15) is 5.75 Å². The molecule has 0 atom stereocenters. The van der Waals surface area contributed by atoms with Crippen LogP contribution < -0.4 is 5.32 Å². The highest BCUT2D eigenvalue weighted by molar-refractivity contribution is 7.72. The van der Waals surface area contributed by atoms with E-state index in [9.17, 15) is 9.32 Å². The van der Waals surface area contributed by atoms with Crippen LogP contribution in [0.2, 0.25) is 5.02 Å². The molecule has 0 amide bonds. The van der Waals surface area contributed by atoms with Gasteiger partial charge in [-0.05, 0) is 36.4 Å². The number of hydrogen-bond donors (Lipinski definition) is 2. The van der Waals surface area contributed by atoms with Gasteiger partial charge in [-0.3, -0.25) is 4.98 Å². The molecule has 0 saturated heterocycles. The zero-order valence-corrected chi connectivity index (χ0v) is 13.4. The number of aromatic hydroxyl groups is 1. The van der Waals surface area contributed by atoms with E-state index in [4.69, 9.17) is 11.6 Å². The first-order chi connectivity index (χ1) is 11.0. The number of nitrogens with one attached hydrogen (secondary N) is 1. The Balaban J connectivity index is 2.13. The van der Waals surface area contributed by atoms with Gasteiger partial charge in [0.15, 0.2) is 0 Å².